The van der Waals surface area contributed by atoms with Gasteiger partial charge in [0, 0.05) is 22.2 Å². The quantitative estimate of drug-likeness (QED) is 0.347. The lowest BCUT2D eigenvalue weighted by Crippen LogP contribution is -2.01. The van der Waals surface area contributed by atoms with Crippen LogP contribution < -0.4 is 0 Å². The summed E-state index contributed by atoms with van der Waals surface area (Å²) in [5.41, 5.74) is 0.510. The fraction of sp³-hybridized carbons (Fsp3) is 0.385. The largest absolute Gasteiger partial charge is 0.423 e. The highest BCUT2D eigenvalue weighted by atomic mass is 35.5. The second-order valence-electron chi connectivity index (χ2n) is 3.84. The Morgan fingerprint density at radius 1 is 1.18 bits per heavy atom. The van der Waals surface area contributed by atoms with Gasteiger partial charge in [0.05, 0.1) is 28.8 Å². The fourth-order valence-electron chi connectivity index (χ4n) is 1.54. The van der Waals surface area contributed by atoms with Crippen LogP contribution in [0.3, 0.4) is 0 Å². The monoisotopic (exact) mass is 420 g/mol. The van der Waals surface area contributed by atoms with Crippen molar-refractivity contribution >= 4 is 70.8 Å². The summed E-state index contributed by atoms with van der Waals surface area (Å²) in [6.45, 7) is 1.49. The maximum atomic E-state index is 6.25. The van der Waals surface area contributed by atoms with Crippen molar-refractivity contribution in [2.24, 2.45) is 0 Å². The first-order chi connectivity index (χ1) is 10.4. The van der Waals surface area contributed by atoms with Crippen LogP contribution in [-0.4, -0.2) is 19.5 Å². The predicted octanol–water partition coefficient (Wildman–Crippen LogP) is 6.62. The lowest BCUT2D eigenvalue weighted by atomic mass is 10.2. The summed E-state index contributed by atoms with van der Waals surface area (Å²) in [5, 5.41) is 2.93. The molecule has 0 bridgehead atoms. The van der Waals surface area contributed by atoms with E-state index in [0.29, 0.717) is 39.6 Å². The third-order valence-corrected chi connectivity index (χ3v) is 5.95. The maximum Gasteiger partial charge on any atom is 0.380 e. The molecule has 1 aromatic carbocycles. The van der Waals surface area contributed by atoms with Crippen LogP contribution in [0.2, 0.25) is 15.1 Å². The molecule has 0 spiro atoms. The standard InChI is InChI=1S/C13H16Cl3O3PS2/c1-4-17-20(21,18-5-2)19-12(8-22-3)13-10(15)6-9(14)7-11(13)16/h6-8H,4-5H2,1-3H3. The molecule has 0 N–H and O–H groups in total. The summed E-state index contributed by atoms with van der Waals surface area (Å²) >= 11 is 25.2. The Kier molecular flexibility index (Phi) is 9.13. The molecule has 0 aliphatic heterocycles. The van der Waals surface area contributed by atoms with Crippen molar-refractivity contribution in [2.45, 2.75) is 13.8 Å². The first kappa shape index (κ1) is 20.6. The van der Waals surface area contributed by atoms with Crippen molar-refractivity contribution in [1.82, 2.24) is 0 Å². The third kappa shape index (κ3) is 5.88. The molecule has 0 heterocycles. The van der Waals surface area contributed by atoms with E-state index in [1.165, 1.54) is 11.8 Å². The van der Waals surface area contributed by atoms with Gasteiger partial charge in [-0.2, -0.15) is 0 Å². The number of benzene rings is 1. The highest BCUT2D eigenvalue weighted by molar-refractivity contribution is 8.07. The summed E-state index contributed by atoms with van der Waals surface area (Å²) in [5.74, 6) is 0.407. The molecule has 1 aromatic rings. The molecule has 0 atom stereocenters. The first-order valence-electron chi connectivity index (χ1n) is 6.33. The molecule has 22 heavy (non-hydrogen) atoms. The van der Waals surface area contributed by atoms with E-state index in [1.807, 2.05) is 20.1 Å². The van der Waals surface area contributed by atoms with Gasteiger partial charge >= 0.3 is 6.72 Å². The molecular formula is C13H16Cl3O3PS2. The molecule has 0 aromatic heterocycles. The summed E-state index contributed by atoms with van der Waals surface area (Å²) in [6.07, 6.45) is 1.88. The van der Waals surface area contributed by atoms with Crippen molar-refractivity contribution in [1.29, 1.82) is 0 Å². The van der Waals surface area contributed by atoms with E-state index in [9.17, 15) is 0 Å². The zero-order chi connectivity index (χ0) is 16.8. The second-order valence-corrected chi connectivity index (χ2v) is 8.73. The van der Waals surface area contributed by atoms with Crippen LogP contribution in [0.25, 0.3) is 5.76 Å². The molecule has 1 rings (SSSR count). The zero-order valence-electron chi connectivity index (χ0n) is 12.3. The lowest BCUT2D eigenvalue weighted by Gasteiger charge is -2.23. The molecule has 3 nitrogen and oxygen atoms in total. The number of hydrogen-bond donors (Lipinski definition) is 0. The average molecular weight is 422 g/mol. The molecule has 0 amide bonds. The fourth-order valence-corrected chi connectivity index (χ4v) is 5.06. The van der Waals surface area contributed by atoms with Gasteiger partial charge < -0.3 is 4.52 Å². The molecule has 0 aliphatic carbocycles. The minimum absolute atomic E-state index is 0.368. The molecule has 0 saturated carbocycles. The normalized spacial score (nSPS) is 12.5. The van der Waals surface area contributed by atoms with Gasteiger partial charge in [-0.1, -0.05) is 34.8 Å². The molecule has 0 fully saturated rings. The van der Waals surface area contributed by atoms with E-state index in [0.717, 1.165) is 0 Å². The van der Waals surface area contributed by atoms with E-state index < -0.39 is 6.72 Å². The van der Waals surface area contributed by atoms with Crippen LogP contribution in [0, 0.1) is 0 Å². The van der Waals surface area contributed by atoms with Gasteiger partial charge in [-0.05, 0) is 32.2 Å². The number of thioether (sulfide) groups is 1. The van der Waals surface area contributed by atoms with Crippen molar-refractivity contribution in [2.75, 3.05) is 19.5 Å². The van der Waals surface area contributed by atoms with Gasteiger partial charge in [-0.25, -0.2) is 0 Å². The Hall–Kier alpha value is 0.550. The average Bonchev–Trinajstić information content (AvgIpc) is 2.37. The van der Waals surface area contributed by atoms with Crippen molar-refractivity contribution in [3.63, 3.8) is 0 Å². The molecule has 0 unspecified atom stereocenters. The van der Waals surface area contributed by atoms with Crippen molar-refractivity contribution in [3.8, 4) is 0 Å². The Morgan fingerprint density at radius 3 is 2.09 bits per heavy atom. The van der Waals surface area contributed by atoms with Gasteiger partial charge in [-0.15, -0.1) is 11.8 Å². The summed E-state index contributed by atoms with van der Waals surface area (Å²) in [6, 6.07) is 3.18. The van der Waals surface area contributed by atoms with Crippen LogP contribution in [0.5, 0.6) is 0 Å². The van der Waals surface area contributed by atoms with E-state index in [1.54, 1.807) is 17.5 Å². The van der Waals surface area contributed by atoms with Gasteiger partial charge in [0.1, 0.15) is 5.76 Å². The van der Waals surface area contributed by atoms with E-state index in [4.69, 9.17) is 60.2 Å². The van der Waals surface area contributed by atoms with Crippen LogP contribution in [0.4, 0.5) is 0 Å². The lowest BCUT2D eigenvalue weighted by molar-refractivity contribution is 0.210. The Balaban J connectivity index is 3.26. The van der Waals surface area contributed by atoms with Gasteiger partial charge in [0.25, 0.3) is 0 Å². The van der Waals surface area contributed by atoms with Gasteiger partial charge in [0.2, 0.25) is 0 Å². The summed E-state index contributed by atoms with van der Waals surface area (Å²) in [7, 11) is 0. The SMILES string of the molecule is CCOP(=S)(OCC)OC(=CSC)c1c(Cl)cc(Cl)cc1Cl. The summed E-state index contributed by atoms with van der Waals surface area (Å²) < 4.78 is 16.8. The highest BCUT2D eigenvalue weighted by Crippen LogP contribution is 2.54. The molecule has 0 radical (unpaired) electrons. The third-order valence-electron chi connectivity index (χ3n) is 2.26. The number of halogens is 3. The molecule has 0 saturated heterocycles. The Bertz CT molecular complexity index is 563. The van der Waals surface area contributed by atoms with Crippen LogP contribution in [-0.2, 0) is 25.4 Å². The topological polar surface area (TPSA) is 27.7 Å². The van der Waals surface area contributed by atoms with E-state index in [-0.39, 0.29) is 0 Å². The predicted molar refractivity (Wildman–Crippen MR) is 102 cm³/mol. The van der Waals surface area contributed by atoms with E-state index in [2.05, 4.69) is 0 Å². The molecule has 124 valence electrons. The zero-order valence-corrected chi connectivity index (χ0v) is 17.1. The number of rotatable bonds is 8. The minimum Gasteiger partial charge on any atom is -0.423 e. The van der Waals surface area contributed by atoms with Crippen LogP contribution >= 0.6 is 53.3 Å². The first-order valence-corrected chi connectivity index (χ1v) is 11.3. The Morgan fingerprint density at radius 2 is 1.68 bits per heavy atom. The van der Waals surface area contributed by atoms with E-state index >= 15 is 0 Å². The number of hydrogen-bond acceptors (Lipinski definition) is 5. The highest BCUT2D eigenvalue weighted by Gasteiger charge is 2.25. The molecule has 0 aliphatic rings. The van der Waals surface area contributed by atoms with Crippen molar-refractivity contribution in [3.05, 3.63) is 38.2 Å². The van der Waals surface area contributed by atoms with Crippen LogP contribution in [0.1, 0.15) is 19.4 Å². The molecular weight excluding hydrogens is 406 g/mol. The second kappa shape index (κ2) is 9.75. The van der Waals surface area contributed by atoms with Gasteiger partial charge in [0.15, 0.2) is 0 Å². The Labute approximate surface area is 155 Å². The van der Waals surface area contributed by atoms with Gasteiger partial charge in [-0.3, -0.25) is 9.05 Å². The van der Waals surface area contributed by atoms with Crippen LogP contribution in [0.15, 0.2) is 17.5 Å². The maximum absolute atomic E-state index is 6.25. The molecule has 9 heteroatoms. The summed E-state index contributed by atoms with van der Waals surface area (Å²) in [4.78, 5) is 0. The smallest absolute Gasteiger partial charge is 0.380 e. The minimum atomic E-state index is -2.92. The van der Waals surface area contributed by atoms with Crippen molar-refractivity contribution < 1.29 is 13.6 Å².